The normalized spacial score (nSPS) is 26.2. The zero-order chi connectivity index (χ0) is 13.3. The molecule has 0 saturated carbocycles. The van der Waals surface area contributed by atoms with Gasteiger partial charge in [-0.15, -0.1) is 0 Å². The van der Waals surface area contributed by atoms with Gasteiger partial charge >= 0.3 is 0 Å². The third-order valence-electron chi connectivity index (χ3n) is 3.90. The fourth-order valence-electron chi connectivity index (χ4n) is 2.82. The minimum atomic E-state index is -0.424. The van der Waals surface area contributed by atoms with E-state index >= 15 is 0 Å². The predicted molar refractivity (Wildman–Crippen MR) is 80.0 cm³/mol. The summed E-state index contributed by atoms with van der Waals surface area (Å²) in [5.41, 5.74) is 2.21. The Hall–Kier alpha value is -0.540. The summed E-state index contributed by atoms with van der Waals surface area (Å²) in [4.78, 5) is 2.47. The molecule has 3 atom stereocenters. The smallest absolute Gasteiger partial charge is 0.0772 e. The number of hydrogen-bond donors (Lipinski definition) is 1. The van der Waals surface area contributed by atoms with Gasteiger partial charge in [-0.3, -0.25) is 0 Å². The van der Waals surface area contributed by atoms with Crippen LogP contribution in [0, 0.1) is 5.92 Å². The van der Waals surface area contributed by atoms with E-state index in [0.717, 1.165) is 22.5 Å². The van der Waals surface area contributed by atoms with Crippen molar-refractivity contribution in [3.63, 3.8) is 0 Å². The molecule has 0 spiro atoms. The Morgan fingerprint density at radius 3 is 2.67 bits per heavy atom. The molecule has 0 aliphatic carbocycles. The third kappa shape index (κ3) is 2.89. The molecule has 1 aliphatic rings. The zero-order valence-corrected chi connectivity index (χ0v) is 12.9. The molecule has 0 bridgehead atoms. The van der Waals surface area contributed by atoms with Crippen molar-refractivity contribution in [3.8, 4) is 0 Å². The average molecular weight is 312 g/mol. The van der Waals surface area contributed by atoms with Crippen LogP contribution in [0.5, 0.6) is 0 Å². The highest BCUT2D eigenvalue weighted by Gasteiger charge is 2.23. The molecule has 1 saturated heterocycles. The molecule has 100 valence electrons. The lowest BCUT2D eigenvalue weighted by atomic mass is 9.93. The van der Waals surface area contributed by atoms with Crippen LogP contribution in [-0.4, -0.2) is 17.7 Å². The van der Waals surface area contributed by atoms with Crippen LogP contribution in [0.15, 0.2) is 22.7 Å². The predicted octanol–water partition coefficient (Wildman–Crippen LogP) is 4.13. The lowest BCUT2D eigenvalue weighted by molar-refractivity contribution is 0.198. The van der Waals surface area contributed by atoms with Gasteiger partial charge in [0.05, 0.1) is 6.10 Å². The van der Waals surface area contributed by atoms with Gasteiger partial charge < -0.3 is 10.0 Å². The van der Waals surface area contributed by atoms with E-state index in [2.05, 4.69) is 46.8 Å². The molecule has 1 aromatic rings. The van der Waals surface area contributed by atoms with Gasteiger partial charge in [0.15, 0.2) is 0 Å². The van der Waals surface area contributed by atoms with Crippen LogP contribution in [-0.2, 0) is 0 Å². The van der Waals surface area contributed by atoms with Crippen LogP contribution in [0.4, 0.5) is 5.69 Å². The van der Waals surface area contributed by atoms with Gasteiger partial charge in [0.25, 0.3) is 0 Å². The van der Waals surface area contributed by atoms with Crippen molar-refractivity contribution in [1.29, 1.82) is 0 Å². The second-order valence-electron chi connectivity index (χ2n) is 5.55. The van der Waals surface area contributed by atoms with Crippen LogP contribution >= 0.6 is 15.9 Å². The van der Waals surface area contributed by atoms with E-state index in [-0.39, 0.29) is 0 Å². The van der Waals surface area contributed by atoms with Crippen molar-refractivity contribution in [2.75, 3.05) is 11.4 Å². The Balaban J connectivity index is 2.21. The molecule has 2 unspecified atom stereocenters. The summed E-state index contributed by atoms with van der Waals surface area (Å²) >= 11 is 3.56. The fourth-order valence-corrected chi connectivity index (χ4v) is 3.52. The molecular formula is C15H22BrNO. The van der Waals surface area contributed by atoms with Gasteiger partial charge in [-0.25, -0.2) is 0 Å². The largest absolute Gasteiger partial charge is 0.389 e. The van der Waals surface area contributed by atoms with E-state index in [1.54, 1.807) is 6.92 Å². The molecule has 1 aromatic carbocycles. The standard InChI is InChI=1S/C15H22BrNO/c1-10-6-7-17(11(2)8-10)13-4-5-14(12(3)18)15(16)9-13/h4-5,9-12,18H,6-8H2,1-3H3/t10?,11?,12-/m0/s1. The molecule has 1 heterocycles. The van der Waals surface area contributed by atoms with Crippen molar-refractivity contribution in [1.82, 2.24) is 0 Å². The lowest BCUT2D eigenvalue weighted by Crippen LogP contribution is -2.40. The van der Waals surface area contributed by atoms with Crippen molar-refractivity contribution in [2.24, 2.45) is 5.92 Å². The first kappa shape index (κ1) is 13.9. The van der Waals surface area contributed by atoms with Gasteiger partial charge in [-0.05, 0) is 50.3 Å². The number of piperidine rings is 1. The Labute approximate surface area is 118 Å². The minimum Gasteiger partial charge on any atom is -0.389 e. The number of benzene rings is 1. The molecule has 2 nitrogen and oxygen atoms in total. The number of rotatable bonds is 2. The SMILES string of the molecule is CC1CCN(c2ccc([C@H](C)O)c(Br)c2)C(C)C1. The fraction of sp³-hybridized carbons (Fsp3) is 0.600. The van der Waals surface area contributed by atoms with E-state index in [4.69, 9.17) is 0 Å². The van der Waals surface area contributed by atoms with Crippen molar-refractivity contribution in [2.45, 2.75) is 45.8 Å². The molecule has 0 radical (unpaired) electrons. The van der Waals surface area contributed by atoms with Gasteiger partial charge in [-0.1, -0.05) is 28.9 Å². The van der Waals surface area contributed by atoms with E-state index in [1.165, 1.54) is 18.5 Å². The van der Waals surface area contributed by atoms with Crippen LogP contribution < -0.4 is 4.90 Å². The first-order valence-electron chi connectivity index (χ1n) is 6.73. The van der Waals surface area contributed by atoms with Gasteiger partial charge in [-0.2, -0.15) is 0 Å². The Morgan fingerprint density at radius 1 is 1.39 bits per heavy atom. The minimum absolute atomic E-state index is 0.424. The number of nitrogens with zero attached hydrogens (tertiary/aromatic N) is 1. The second kappa shape index (κ2) is 5.62. The highest BCUT2D eigenvalue weighted by atomic mass is 79.9. The molecule has 0 amide bonds. The van der Waals surface area contributed by atoms with Crippen LogP contribution in [0.1, 0.15) is 45.3 Å². The number of anilines is 1. The quantitative estimate of drug-likeness (QED) is 0.887. The first-order valence-corrected chi connectivity index (χ1v) is 7.52. The highest BCUT2D eigenvalue weighted by molar-refractivity contribution is 9.10. The number of hydrogen-bond acceptors (Lipinski definition) is 2. The maximum atomic E-state index is 9.65. The molecular weight excluding hydrogens is 290 g/mol. The molecule has 1 aliphatic heterocycles. The van der Waals surface area contributed by atoms with E-state index in [0.29, 0.717) is 6.04 Å². The number of aliphatic hydroxyl groups excluding tert-OH is 1. The highest BCUT2D eigenvalue weighted by Crippen LogP contribution is 2.32. The van der Waals surface area contributed by atoms with Gasteiger partial charge in [0.1, 0.15) is 0 Å². The van der Waals surface area contributed by atoms with E-state index in [1.807, 2.05) is 6.07 Å². The summed E-state index contributed by atoms with van der Waals surface area (Å²) < 4.78 is 1.00. The third-order valence-corrected chi connectivity index (χ3v) is 4.59. The summed E-state index contributed by atoms with van der Waals surface area (Å²) in [6.07, 6.45) is 2.10. The second-order valence-corrected chi connectivity index (χ2v) is 6.41. The Morgan fingerprint density at radius 2 is 2.11 bits per heavy atom. The molecule has 1 fully saturated rings. The molecule has 2 rings (SSSR count). The molecule has 3 heteroatoms. The van der Waals surface area contributed by atoms with Crippen LogP contribution in [0.3, 0.4) is 0 Å². The molecule has 18 heavy (non-hydrogen) atoms. The summed E-state index contributed by atoms with van der Waals surface area (Å²) in [7, 11) is 0. The van der Waals surface area contributed by atoms with Crippen molar-refractivity contribution < 1.29 is 5.11 Å². The average Bonchev–Trinajstić information content (AvgIpc) is 2.28. The van der Waals surface area contributed by atoms with Crippen LogP contribution in [0.25, 0.3) is 0 Å². The maximum absolute atomic E-state index is 9.65. The van der Waals surface area contributed by atoms with E-state index in [9.17, 15) is 5.11 Å². The molecule has 1 N–H and O–H groups in total. The van der Waals surface area contributed by atoms with Crippen LogP contribution in [0.2, 0.25) is 0 Å². The first-order chi connectivity index (χ1) is 8.49. The maximum Gasteiger partial charge on any atom is 0.0772 e. The summed E-state index contributed by atoms with van der Waals surface area (Å²) in [6, 6.07) is 6.88. The Kier molecular flexibility index (Phi) is 4.33. The molecule has 0 aromatic heterocycles. The number of aliphatic hydroxyl groups is 1. The van der Waals surface area contributed by atoms with E-state index < -0.39 is 6.10 Å². The number of halogens is 1. The monoisotopic (exact) mass is 311 g/mol. The lowest BCUT2D eigenvalue weighted by Gasteiger charge is -2.38. The van der Waals surface area contributed by atoms with Gasteiger partial charge in [0.2, 0.25) is 0 Å². The Bertz CT molecular complexity index is 419. The summed E-state index contributed by atoms with van der Waals surface area (Å²) in [6.45, 7) is 7.56. The van der Waals surface area contributed by atoms with Crippen molar-refractivity contribution >= 4 is 21.6 Å². The zero-order valence-electron chi connectivity index (χ0n) is 11.4. The van der Waals surface area contributed by atoms with Crippen molar-refractivity contribution in [3.05, 3.63) is 28.2 Å². The summed E-state index contributed by atoms with van der Waals surface area (Å²) in [5.74, 6) is 0.830. The summed E-state index contributed by atoms with van der Waals surface area (Å²) in [5, 5.41) is 9.65. The van der Waals surface area contributed by atoms with Gasteiger partial charge in [0, 0.05) is 22.7 Å². The topological polar surface area (TPSA) is 23.5 Å².